The van der Waals surface area contributed by atoms with Crippen molar-refractivity contribution in [1.82, 2.24) is 5.32 Å². The quantitative estimate of drug-likeness (QED) is 0.870. The molecule has 1 aromatic carbocycles. The van der Waals surface area contributed by atoms with Crippen LogP contribution in [0.25, 0.3) is 0 Å². The molecule has 0 saturated carbocycles. The monoisotopic (exact) mass is 307 g/mol. The summed E-state index contributed by atoms with van der Waals surface area (Å²) in [4.78, 5) is 0.291. The van der Waals surface area contributed by atoms with E-state index in [0.717, 1.165) is 0 Å². The van der Waals surface area contributed by atoms with Gasteiger partial charge in [-0.1, -0.05) is 18.2 Å². The van der Waals surface area contributed by atoms with Crippen LogP contribution in [0, 0.1) is 0 Å². The number of alkyl halides is 3. The number of hydrogen-bond acceptors (Lipinski definition) is 3. The summed E-state index contributed by atoms with van der Waals surface area (Å²) >= 11 is 0. The zero-order valence-corrected chi connectivity index (χ0v) is 11.6. The molecule has 0 fully saturated rings. The molecule has 3 nitrogen and oxygen atoms in total. The Hall–Kier alpha value is -1.08. The fourth-order valence-corrected chi connectivity index (χ4v) is 3.99. The van der Waals surface area contributed by atoms with Gasteiger partial charge in [-0.3, -0.25) is 0 Å². The van der Waals surface area contributed by atoms with Crippen molar-refractivity contribution in [2.45, 2.75) is 36.4 Å². The summed E-state index contributed by atoms with van der Waals surface area (Å²) in [5.41, 5.74) is 0.658. The Kier molecular flexibility index (Phi) is 4.39. The van der Waals surface area contributed by atoms with Gasteiger partial charge in [0.1, 0.15) is 0 Å². The van der Waals surface area contributed by atoms with Gasteiger partial charge in [-0.2, -0.15) is 13.2 Å². The van der Waals surface area contributed by atoms with Crippen molar-refractivity contribution in [3.8, 4) is 0 Å². The van der Waals surface area contributed by atoms with Crippen LogP contribution < -0.4 is 5.32 Å². The van der Waals surface area contributed by atoms with Gasteiger partial charge in [0.25, 0.3) is 0 Å². The van der Waals surface area contributed by atoms with Crippen molar-refractivity contribution in [2.24, 2.45) is 0 Å². The number of halogens is 3. The lowest BCUT2D eigenvalue weighted by Crippen LogP contribution is -2.30. The molecule has 20 heavy (non-hydrogen) atoms. The Labute approximate surface area is 116 Å². The van der Waals surface area contributed by atoms with Gasteiger partial charge in [0.15, 0.2) is 9.84 Å². The van der Waals surface area contributed by atoms with Gasteiger partial charge in [-0.25, -0.2) is 8.42 Å². The van der Waals surface area contributed by atoms with Crippen LogP contribution in [-0.4, -0.2) is 26.9 Å². The van der Waals surface area contributed by atoms with Gasteiger partial charge in [0.2, 0.25) is 0 Å². The molecule has 1 aliphatic heterocycles. The van der Waals surface area contributed by atoms with Crippen molar-refractivity contribution in [2.75, 3.05) is 12.3 Å². The second kappa shape index (κ2) is 5.73. The lowest BCUT2D eigenvalue weighted by atomic mass is 10.0. The predicted molar refractivity (Wildman–Crippen MR) is 69.1 cm³/mol. The number of benzene rings is 1. The van der Waals surface area contributed by atoms with Crippen LogP contribution >= 0.6 is 0 Å². The van der Waals surface area contributed by atoms with Crippen LogP contribution in [0.15, 0.2) is 29.2 Å². The van der Waals surface area contributed by atoms with Crippen LogP contribution in [0.5, 0.6) is 0 Å². The summed E-state index contributed by atoms with van der Waals surface area (Å²) in [7, 11) is -3.25. The summed E-state index contributed by atoms with van der Waals surface area (Å²) < 4.78 is 60.0. The minimum absolute atomic E-state index is 0.00504. The normalized spacial score (nSPS) is 21.4. The average Bonchev–Trinajstić information content (AvgIpc) is 2.36. The zero-order valence-electron chi connectivity index (χ0n) is 10.8. The van der Waals surface area contributed by atoms with Gasteiger partial charge < -0.3 is 5.32 Å². The van der Waals surface area contributed by atoms with Crippen molar-refractivity contribution >= 4 is 9.84 Å². The summed E-state index contributed by atoms with van der Waals surface area (Å²) in [5.74, 6) is 0.0287. The minimum atomic E-state index is -4.14. The van der Waals surface area contributed by atoms with Crippen molar-refractivity contribution in [1.29, 1.82) is 0 Å². The fourth-order valence-electron chi connectivity index (χ4n) is 2.37. The number of rotatable bonds is 4. The maximum Gasteiger partial charge on any atom is 0.389 e. The van der Waals surface area contributed by atoms with Crippen LogP contribution in [0.3, 0.4) is 0 Å². The largest absolute Gasteiger partial charge is 0.389 e. The fraction of sp³-hybridized carbons (Fsp3) is 0.538. The van der Waals surface area contributed by atoms with E-state index in [2.05, 4.69) is 5.32 Å². The lowest BCUT2D eigenvalue weighted by molar-refractivity contribution is -0.135. The third-order valence-corrected chi connectivity index (χ3v) is 5.15. The second-order valence-electron chi connectivity index (χ2n) is 4.87. The highest BCUT2D eigenvalue weighted by Gasteiger charge is 2.30. The van der Waals surface area contributed by atoms with E-state index < -0.39 is 22.4 Å². The molecule has 1 atom stereocenters. The molecule has 112 valence electrons. The maximum absolute atomic E-state index is 12.1. The van der Waals surface area contributed by atoms with E-state index in [4.69, 9.17) is 0 Å². The highest BCUT2D eigenvalue weighted by atomic mass is 32.2. The summed E-state index contributed by atoms with van der Waals surface area (Å²) in [5, 5.41) is 3.02. The highest BCUT2D eigenvalue weighted by Crippen LogP contribution is 2.32. The number of fused-ring (bicyclic) bond motifs is 1. The Balaban J connectivity index is 2.01. The van der Waals surface area contributed by atoms with Crippen LogP contribution in [0.2, 0.25) is 0 Å². The Morgan fingerprint density at radius 3 is 2.65 bits per heavy atom. The molecule has 7 heteroatoms. The third-order valence-electron chi connectivity index (χ3n) is 3.33. The summed E-state index contributed by atoms with van der Waals surface area (Å²) in [6.45, 7) is 0.221. The number of hydrogen-bond donors (Lipinski definition) is 1. The first-order valence-corrected chi connectivity index (χ1v) is 8.07. The van der Waals surface area contributed by atoms with Gasteiger partial charge in [0, 0.05) is 12.5 Å². The summed E-state index contributed by atoms with van der Waals surface area (Å²) in [6.07, 6.45) is -4.58. The van der Waals surface area contributed by atoms with Gasteiger partial charge in [-0.15, -0.1) is 0 Å². The molecule has 1 N–H and O–H groups in total. The standard InChI is InChI=1S/C13H16F3NO2S/c14-13(15,16)7-3-8-17-11-6-9-20(18,19)12-5-2-1-4-10(11)12/h1-2,4-5,11,17H,3,6-9H2. The van der Waals surface area contributed by atoms with Crippen molar-refractivity contribution in [3.05, 3.63) is 29.8 Å². The number of sulfone groups is 1. The van der Waals surface area contributed by atoms with Crippen LogP contribution in [0.4, 0.5) is 13.2 Å². The van der Waals surface area contributed by atoms with E-state index in [1.807, 2.05) is 0 Å². The zero-order chi connectivity index (χ0) is 14.8. The van der Waals surface area contributed by atoms with Gasteiger partial charge >= 0.3 is 6.18 Å². The first-order valence-electron chi connectivity index (χ1n) is 6.41. The van der Waals surface area contributed by atoms with E-state index in [1.165, 1.54) is 0 Å². The molecule has 0 aliphatic carbocycles. The van der Waals surface area contributed by atoms with E-state index in [9.17, 15) is 21.6 Å². The number of nitrogens with one attached hydrogen (secondary N) is 1. The minimum Gasteiger partial charge on any atom is -0.310 e. The van der Waals surface area contributed by atoms with E-state index in [0.29, 0.717) is 16.9 Å². The first-order chi connectivity index (χ1) is 9.30. The van der Waals surface area contributed by atoms with Gasteiger partial charge in [0.05, 0.1) is 10.6 Å². The second-order valence-corrected chi connectivity index (χ2v) is 6.95. The molecule has 0 spiro atoms. The Morgan fingerprint density at radius 2 is 1.95 bits per heavy atom. The topological polar surface area (TPSA) is 46.2 Å². The molecule has 1 aromatic rings. The average molecular weight is 307 g/mol. The molecule has 0 saturated heterocycles. The SMILES string of the molecule is O=S1(=O)CCC(NCCCC(F)(F)F)c2ccccc21. The van der Waals surface area contributed by atoms with E-state index >= 15 is 0 Å². The summed E-state index contributed by atoms with van der Waals surface area (Å²) in [6, 6.07) is 6.47. The molecule has 0 amide bonds. The van der Waals surface area contributed by atoms with Crippen molar-refractivity contribution in [3.63, 3.8) is 0 Å². The van der Waals surface area contributed by atoms with E-state index in [-0.39, 0.29) is 24.8 Å². The highest BCUT2D eigenvalue weighted by molar-refractivity contribution is 7.91. The van der Waals surface area contributed by atoms with E-state index in [1.54, 1.807) is 24.3 Å². The maximum atomic E-state index is 12.1. The Morgan fingerprint density at radius 1 is 1.25 bits per heavy atom. The smallest absolute Gasteiger partial charge is 0.310 e. The van der Waals surface area contributed by atoms with Crippen molar-refractivity contribution < 1.29 is 21.6 Å². The van der Waals surface area contributed by atoms with Crippen LogP contribution in [0.1, 0.15) is 30.9 Å². The van der Waals surface area contributed by atoms with Crippen LogP contribution in [-0.2, 0) is 9.84 Å². The molecule has 2 rings (SSSR count). The van der Waals surface area contributed by atoms with Gasteiger partial charge in [-0.05, 0) is 31.0 Å². The molecule has 0 aromatic heterocycles. The molecule has 1 unspecified atom stereocenters. The predicted octanol–water partition coefficient (Wildman–Crippen LogP) is 2.84. The third kappa shape index (κ3) is 3.73. The molecular weight excluding hydrogens is 291 g/mol. The molecule has 0 bridgehead atoms. The lowest BCUT2D eigenvalue weighted by Gasteiger charge is -2.26. The Bertz CT molecular complexity index is 569. The molecule has 0 radical (unpaired) electrons. The molecular formula is C13H16F3NO2S. The molecule has 1 heterocycles. The molecule has 1 aliphatic rings. The first kappa shape index (κ1) is 15.3.